The summed E-state index contributed by atoms with van der Waals surface area (Å²) in [7, 11) is -0.167. The molecule has 1 amide bonds. The summed E-state index contributed by atoms with van der Waals surface area (Å²) in [5.41, 5.74) is 8.76. The minimum atomic E-state index is -3.59. The van der Waals surface area contributed by atoms with Gasteiger partial charge in [-0.15, -0.1) is 5.56 Å². The Labute approximate surface area is 170 Å². The number of aryl methyl sites for hydroxylation is 1. The molecule has 128 valence electrons. The van der Waals surface area contributed by atoms with E-state index in [1.807, 2.05) is 13.8 Å². The van der Waals surface area contributed by atoms with Crippen molar-refractivity contribution in [3.8, 4) is 0 Å². The molecule has 0 radical (unpaired) electrons. The molecule has 0 bridgehead atoms. The monoisotopic (exact) mass is 426 g/mol. The van der Waals surface area contributed by atoms with Crippen LogP contribution in [0.25, 0.3) is 5.73 Å². The molecule has 0 saturated carbocycles. The molecule has 0 aromatic heterocycles. The summed E-state index contributed by atoms with van der Waals surface area (Å²) >= 11 is 0. The number of nitrogens with one attached hydrogen (secondary N) is 1. The number of benzene rings is 1. The number of allylic oxidation sites excluding steroid dienone is 1. The predicted octanol–water partition coefficient (Wildman–Crippen LogP) is 2.99. The molecule has 0 fully saturated rings. The van der Waals surface area contributed by atoms with Gasteiger partial charge in [0.05, 0.1) is 5.91 Å². The smallest absolute Gasteiger partial charge is 0.664 e. The van der Waals surface area contributed by atoms with Gasteiger partial charge in [-0.2, -0.15) is 28.7 Å². The Kier molecular flexibility index (Phi) is 12.1. The summed E-state index contributed by atoms with van der Waals surface area (Å²) in [5, 5.41) is 0. The summed E-state index contributed by atoms with van der Waals surface area (Å²) < 4.78 is 27.0. The van der Waals surface area contributed by atoms with Crippen molar-refractivity contribution >= 4 is 22.3 Å². The van der Waals surface area contributed by atoms with Crippen molar-refractivity contribution in [2.24, 2.45) is 4.40 Å². The van der Waals surface area contributed by atoms with E-state index in [4.69, 9.17) is 5.73 Å². The first-order valence-corrected chi connectivity index (χ1v) is 8.26. The van der Waals surface area contributed by atoms with E-state index in [1.54, 1.807) is 45.0 Å². The van der Waals surface area contributed by atoms with E-state index in [0.717, 1.165) is 5.57 Å². The Bertz CT molecular complexity index is 707. The zero-order valence-electron chi connectivity index (χ0n) is 14.9. The van der Waals surface area contributed by atoms with E-state index in [2.05, 4.69) is 10.5 Å². The second-order valence-corrected chi connectivity index (χ2v) is 6.91. The number of carbonyl (C=O) groups excluding carboxylic acids is 1. The molecule has 1 aromatic rings. The minimum Gasteiger partial charge on any atom is -0.664 e. The van der Waals surface area contributed by atoms with Crippen molar-refractivity contribution in [3.63, 3.8) is 0 Å². The maximum absolute atomic E-state index is 11.7. The summed E-state index contributed by atoms with van der Waals surface area (Å²) in [6, 6.07) is 7.52. The summed E-state index contributed by atoms with van der Waals surface area (Å²) in [5.74, 6) is -0.579. The number of sulfonamides is 1. The number of hydrogen-bond donors (Lipinski definition) is 0. The third-order valence-electron chi connectivity index (χ3n) is 2.82. The molecule has 0 atom stereocenters. The van der Waals surface area contributed by atoms with Gasteiger partial charge in [0, 0.05) is 14.1 Å². The van der Waals surface area contributed by atoms with E-state index in [1.165, 1.54) is 12.4 Å². The van der Waals surface area contributed by atoms with E-state index >= 15 is 0 Å². The van der Waals surface area contributed by atoms with Crippen LogP contribution < -0.4 is 0 Å². The van der Waals surface area contributed by atoms with E-state index < -0.39 is 15.9 Å². The summed E-state index contributed by atoms with van der Waals surface area (Å²) in [6.45, 7) is 7.03. The molecular formula is C16H23N3O3SY+. The fourth-order valence-corrected chi connectivity index (χ4v) is 2.33. The van der Waals surface area contributed by atoms with E-state index in [9.17, 15) is 13.2 Å². The molecule has 0 unspecified atom stereocenters. The average molecular weight is 426 g/mol. The quantitative estimate of drug-likeness (QED) is 0.320. The molecule has 0 heterocycles. The molecule has 0 spiro atoms. The van der Waals surface area contributed by atoms with Crippen LogP contribution in [0.3, 0.4) is 0 Å². The molecule has 1 rings (SSSR count). The summed E-state index contributed by atoms with van der Waals surface area (Å²) in [6.07, 6.45) is 1.27. The van der Waals surface area contributed by atoms with Crippen LogP contribution in [-0.4, -0.2) is 39.7 Å². The Morgan fingerprint density at radius 1 is 1.29 bits per heavy atom. The Balaban J connectivity index is 0. The van der Waals surface area contributed by atoms with Gasteiger partial charge >= 0.3 is 32.7 Å². The zero-order valence-corrected chi connectivity index (χ0v) is 18.6. The largest absolute Gasteiger partial charge is 3.00 e. The fraction of sp³-hybridized carbons (Fsp3) is 0.375. The van der Waals surface area contributed by atoms with Crippen molar-refractivity contribution in [2.75, 3.05) is 14.1 Å². The molecule has 8 heteroatoms. The van der Waals surface area contributed by atoms with E-state index in [-0.39, 0.29) is 37.6 Å². The van der Waals surface area contributed by atoms with Gasteiger partial charge in [0.15, 0.2) is 0 Å². The molecule has 0 aliphatic rings. The predicted molar refractivity (Wildman–Crippen MR) is 92.8 cm³/mol. The van der Waals surface area contributed by atoms with Gasteiger partial charge < -0.3 is 15.4 Å². The number of hydrogen-bond acceptors (Lipinski definition) is 3. The van der Waals surface area contributed by atoms with E-state index in [0.29, 0.717) is 11.1 Å². The molecule has 6 nitrogen and oxygen atoms in total. The molecular weight excluding hydrogens is 403 g/mol. The maximum Gasteiger partial charge on any atom is 3.00 e. The second-order valence-electron chi connectivity index (χ2n) is 5.31. The third-order valence-corrected chi connectivity index (χ3v) is 4.19. The SMILES string of the molecule is CC(C)=C(C)C([NH-])=O.Cc1cc[c-]cc1S(=O)(=O)/N=C/N(C)C.[Y+3]. The first-order valence-electron chi connectivity index (χ1n) is 6.82. The van der Waals surface area contributed by atoms with Crippen molar-refractivity contribution in [1.82, 2.24) is 4.90 Å². The van der Waals surface area contributed by atoms with Gasteiger partial charge in [0.1, 0.15) is 6.34 Å². The van der Waals surface area contributed by atoms with Crippen molar-refractivity contribution in [1.29, 1.82) is 0 Å². The van der Waals surface area contributed by atoms with Gasteiger partial charge in [-0.25, -0.2) is 8.42 Å². The molecule has 0 aliphatic heterocycles. The zero-order chi connectivity index (χ0) is 18.2. The standard InChI is InChI=1S/C10H13N2O2S.C6H11NO.Y/c1-9-6-4-5-7-10(9)15(13,14)11-8-12(2)3;1-4(2)5(3)6(7)8;/h4,6-8H,1-3H3;1-3H3,(H2,7,8);/q-1;;+3/p-1/b11-8+;;. The van der Waals surface area contributed by atoms with Crippen LogP contribution in [0.15, 0.2) is 38.6 Å². The van der Waals surface area contributed by atoms with Crippen molar-refractivity contribution < 1.29 is 45.9 Å². The van der Waals surface area contributed by atoms with Gasteiger partial charge in [0.2, 0.25) is 10.0 Å². The Hall–Kier alpha value is -1.05. The van der Waals surface area contributed by atoms with Crippen molar-refractivity contribution in [3.05, 3.63) is 46.7 Å². The van der Waals surface area contributed by atoms with Crippen LogP contribution in [0, 0.1) is 13.0 Å². The third kappa shape index (κ3) is 9.30. The Morgan fingerprint density at radius 3 is 2.17 bits per heavy atom. The van der Waals surface area contributed by atoms with Gasteiger partial charge in [-0.05, 0) is 31.2 Å². The first-order chi connectivity index (χ1) is 10.5. The van der Waals surface area contributed by atoms with Crippen LogP contribution in [0.1, 0.15) is 26.3 Å². The number of nitrogens with zero attached hydrogens (tertiary/aromatic N) is 2. The molecule has 1 aromatic carbocycles. The number of carbonyl (C=O) groups is 1. The normalized spacial score (nSPS) is 10.2. The average Bonchev–Trinajstić information content (AvgIpc) is 2.45. The van der Waals surface area contributed by atoms with Crippen LogP contribution in [0.5, 0.6) is 0 Å². The summed E-state index contributed by atoms with van der Waals surface area (Å²) in [4.78, 5) is 12.0. The minimum absolute atomic E-state index is 0. The maximum atomic E-state index is 11.7. The van der Waals surface area contributed by atoms with Crippen LogP contribution in [0.4, 0.5) is 0 Å². The number of rotatable bonds is 4. The molecule has 1 N–H and O–H groups in total. The fourth-order valence-electron chi connectivity index (χ4n) is 1.21. The second kappa shape index (κ2) is 11.5. The van der Waals surface area contributed by atoms with Crippen LogP contribution in [-0.2, 0) is 47.5 Å². The topological polar surface area (TPSA) is 90.6 Å². The van der Waals surface area contributed by atoms with Crippen molar-refractivity contribution in [2.45, 2.75) is 32.6 Å². The first kappa shape index (κ1) is 25.2. The molecule has 0 aliphatic carbocycles. The van der Waals surface area contributed by atoms with Gasteiger partial charge in [-0.3, -0.25) is 0 Å². The molecule has 24 heavy (non-hydrogen) atoms. The van der Waals surface area contributed by atoms with Gasteiger partial charge in [-0.1, -0.05) is 12.5 Å². The van der Waals surface area contributed by atoms with Crippen LogP contribution >= 0.6 is 0 Å². The van der Waals surface area contributed by atoms with Gasteiger partial charge in [0.25, 0.3) is 0 Å². The van der Waals surface area contributed by atoms with Crippen LogP contribution in [0.2, 0.25) is 0 Å². The Morgan fingerprint density at radius 2 is 1.83 bits per heavy atom. The molecule has 0 saturated heterocycles. The number of amides is 1.